The lowest BCUT2D eigenvalue weighted by atomic mass is 10.1. The second kappa shape index (κ2) is 10.8. The molecule has 0 aliphatic heterocycles. The second-order valence-corrected chi connectivity index (χ2v) is 6.55. The highest BCUT2D eigenvalue weighted by atomic mass is 16.6. The van der Waals surface area contributed by atoms with Gasteiger partial charge in [-0.25, -0.2) is 9.59 Å². The van der Waals surface area contributed by atoms with Gasteiger partial charge in [0.15, 0.2) is 13.2 Å². The van der Waals surface area contributed by atoms with Crippen LogP contribution in [0, 0.1) is 13.8 Å². The first-order chi connectivity index (χ1) is 13.9. The third-order valence-electron chi connectivity index (χ3n) is 4.14. The predicted molar refractivity (Wildman–Crippen MR) is 106 cm³/mol. The maximum Gasteiger partial charge on any atom is 0.344 e. The number of nitrogens with one attached hydrogen (secondary N) is 1. The van der Waals surface area contributed by atoms with Gasteiger partial charge in [0.05, 0.1) is 7.11 Å². The van der Waals surface area contributed by atoms with E-state index in [0.29, 0.717) is 5.75 Å². The Morgan fingerprint density at radius 2 is 1.72 bits per heavy atom. The standard InChI is InChI=1S/C22H25NO6/c1-15-9-10-19(16(2)11-15)28-14-21(25)29-13-20(24)23-18(22(26)27-3)12-17-7-5-4-6-8-17/h4-11,18H,12-14H2,1-3H3,(H,23,24)/t18-/m1/s1. The van der Waals surface area contributed by atoms with Gasteiger partial charge >= 0.3 is 11.9 Å². The monoisotopic (exact) mass is 399 g/mol. The Kier molecular flexibility index (Phi) is 8.21. The van der Waals surface area contributed by atoms with Crippen LogP contribution in [0.15, 0.2) is 48.5 Å². The number of rotatable bonds is 9. The minimum Gasteiger partial charge on any atom is -0.482 e. The van der Waals surface area contributed by atoms with Gasteiger partial charge in [-0.1, -0.05) is 48.0 Å². The minimum absolute atomic E-state index is 0.267. The molecular formula is C22H25NO6. The van der Waals surface area contributed by atoms with Crippen LogP contribution < -0.4 is 10.1 Å². The van der Waals surface area contributed by atoms with E-state index in [1.165, 1.54) is 7.11 Å². The lowest BCUT2D eigenvalue weighted by Gasteiger charge is -2.16. The van der Waals surface area contributed by atoms with Gasteiger partial charge in [0.1, 0.15) is 11.8 Å². The molecule has 29 heavy (non-hydrogen) atoms. The van der Waals surface area contributed by atoms with Gasteiger partial charge in [-0.05, 0) is 31.0 Å². The largest absolute Gasteiger partial charge is 0.482 e. The van der Waals surface area contributed by atoms with Crippen LogP contribution in [-0.2, 0) is 30.3 Å². The van der Waals surface area contributed by atoms with Gasteiger partial charge < -0.3 is 19.5 Å². The fourth-order valence-corrected chi connectivity index (χ4v) is 2.71. The summed E-state index contributed by atoms with van der Waals surface area (Å²) >= 11 is 0. The van der Waals surface area contributed by atoms with E-state index in [1.54, 1.807) is 6.07 Å². The zero-order valence-electron chi connectivity index (χ0n) is 16.8. The van der Waals surface area contributed by atoms with Crippen LogP contribution in [0.5, 0.6) is 5.75 Å². The lowest BCUT2D eigenvalue weighted by molar-refractivity contribution is -0.151. The highest BCUT2D eigenvalue weighted by molar-refractivity contribution is 5.86. The molecule has 154 valence electrons. The summed E-state index contributed by atoms with van der Waals surface area (Å²) in [5.74, 6) is -1.29. The molecule has 1 N–H and O–H groups in total. The van der Waals surface area contributed by atoms with Crippen LogP contribution >= 0.6 is 0 Å². The summed E-state index contributed by atoms with van der Waals surface area (Å²) < 4.78 is 15.1. The van der Waals surface area contributed by atoms with Crippen LogP contribution in [0.1, 0.15) is 16.7 Å². The van der Waals surface area contributed by atoms with Crippen molar-refractivity contribution in [2.24, 2.45) is 0 Å². The van der Waals surface area contributed by atoms with Crippen molar-refractivity contribution < 1.29 is 28.6 Å². The van der Waals surface area contributed by atoms with Crippen LogP contribution in [0.4, 0.5) is 0 Å². The highest BCUT2D eigenvalue weighted by Crippen LogP contribution is 2.18. The van der Waals surface area contributed by atoms with Gasteiger partial charge in [0.2, 0.25) is 0 Å². The van der Waals surface area contributed by atoms with Crippen molar-refractivity contribution >= 4 is 17.8 Å². The van der Waals surface area contributed by atoms with Gasteiger partial charge in [-0.15, -0.1) is 0 Å². The Hall–Kier alpha value is -3.35. The van der Waals surface area contributed by atoms with E-state index in [1.807, 2.05) is 56.3 Å². The first-order valence-corrected chi connectivity index (χ1v) is 9.16. The van der Waals surface area contributed by atoms with E-state index in [-0.39, 0.29) is 13.0 Å². The van der Waals surface area contributed by atoms with Crippen molar-refractivity contribution in [3.05, 3.63) is 65.2 Å². The number of hydrogen-bond acceptors (Lipinski definition) is 6. The van der Waals surface area contributed by atoms with Gasteiger partial charge in [-0.2, -0.15) is 0 Å². The summed E-state index contributed by atoms with van der Waals surface area (Å²) in [6.07, 6.45) is 0.267. The topological polar surface area (TPSA) is 90.9 Å². The Morgan fingerprint density at radius 1 is 1.00 bits per heavy atom. The second-order valence-electron chi connectivity index (χ2n) is 6.55. The number of esters is 2. The van der Waals surface area contributed by atoms with Crippen molar-refractivity contribution in [1.82, 2.24) is 5.32 Å². The summed E-state index contributed by atoms with van der Waals surface area (Å²) in [6.45, 7) is 3.00. The van der Waals surface area contributed by atoms with Crippen molar-refractivity contribution in [2.75, 3.05) is 20.3 Å². The molecule has 7 nitrogen and oxygen atoms in total. The maximum atomic E-state index is 12.1. The predicted octanol–water partition coefficient (Wildman–Crippen LogP) is 2.13. The van der Waals surface area contributed by atoms with Crippen LogP contribution in [0.2, 0.25) is 0 Å². The Morgan fingerprint density at radius 3 is 2.38 bits per heavy atom. The third kappa shape index (κ3) is 7.29. The van der Waals surface area contributed by atoms with E-state index < -0.39 is 30.5 Å². The fourth-order valence-electron chi connectivity index (χ4n) is 2.71. The molecule has 0 saturated heterocycles. The number of carbonyl (C=O) groups excluding carboxylic acids is 3. The average molecular weight is 399 g/mol. The normalized spacial score (nSPS) is 11.3. The molecule has 2 rings (SSSR count). The van der Waals surface area contributed by atoms with E-state index in [2.05, 4.69) is 5.32 Å². The molecule has 1 amide bonds. The zero-order chi connectivity index (χ0) is 21.2. The molecule has 2 aromatic carbocycles. The molecule has 2 aromatic rings. The van der Waals surface area contributed by atoms with Crippen molar-refractivity contribution in [3.8, 4) is 5.75 Å². The van der Waals surface area contributed by atoms with E-state index in [9.17, 15) is 14.4 Å². The number of methoxy groups -OCH3 is 1. The maximum absolute atomic E-state index is 12.1. The summed E-state index contributed by atoms with van der Waals surface area (Å²) in [5.41, 5.74) is 2.85. The van der Waals surface area contributed by atoms with Crippen molar-refractivity contribution in [3.63, 3.8) is 0 Å². The van der Waals surface area contributed by atoms with Gasteiger partial charge in [-0.3, -0.25) is 4.79 Å². The molecule has 0 spiro atoms. The molecule has 0 bridgehead atoms. The molecule has 0 aliphatic carbocycles. The zero-order valence-corrected chi connectivity index (χ0v) is 16.8. The molecule has 0 aromatic heterocycles. The summed E-state index contributed by atoms with van der Waals surface area (Å²) in [5, 5.41) is 2.53. The number of amides is 1. The number of hydrogen-bond donors (Lipinski definition) is 1. The van der Waals surface area contributed by atoms with Crippen LogP contribution in [0.25, 0.3) is 0 Å². The number of carbonyl (C=O) groups is 3. The number of aryl methyl sites for hydroxylation is 2. The molecule has 1 atom stereocenters. The van der Waals surface area contributed by atoms with Crippen molar-refractivity contribution in [2.45, 2.75) is 26.3 Å². The molecule has 0 aliphatic rings. The summed E-state index contributed by atoms with van der Waals surface area (Å²) in [7, 11) is 1.25. The van der Waals surface area contributed by atoms with Crippen molar-refractivity contribution in [1.29, 1.82) is 0 Å². The molecule has 0 fully saturated rings. The van der Waals surface area contributed by atoms with E-state index >= 15 is 0 Å². The summed E-state index contributed by atoms with van der Waals surface area (Å²) in [6, 6.07) is 13.9. The van der Waals surface area contributed by atoms with Gasteiger partial charge in [0, 0.05) is 6.42 Å². The lowest BCUT2D eigenvalue weighted by Crippen LogP contribution is -2.44. The number of ether oxygens (including phenoxy) is 3. The first kappa shape index (κ1) is 21.9. The minimum atomic E-state index is -0.875. The van der Waals surface area contributed by atoms with Crippen LogP contribution in [-0.4, -0.2) is 44.2 Å². The van der Waals surface area contributed by atoms with Crippen LogP contribution in [0.3, 0.4) is 0 Å². The number of benzene rings is 2. The molecule has 0 saturated carbocycles. The highest BCUT2D eigenvalue weighted by Gasteiger charge is 2.22. The van der Waals surface area contributed by atoms with E-state index in [0.717, 1.165) is 16.7 Å². The Bertz CT molecular complexity index is 850. The molecule has 0 unspecified atom stereocenters. The third-order valence-corrected chi connectivity index (χ3v) is 4.14. The summed E-state index contributed by atoms with van der Waals surface area (Å²) in [4.78, 5) is 35.9. The Balaban J connectivity index is 1.81. The molecule has 0 radical (unpaired) electrons. The molecule has 7 heteroatoms. The smallest absolute Gasteiger partial charge is 0.344 e. The quantitative estimate of drug-likeness (QED) is 0.650. The SMILES string of the molecule is COC(=O)[C@@H](Cc1ccccc1)NC(=O)COC(=O)COc1ccc(C)cc1C. The molecule has 0 heterocycles. The van der Waals surface area contributed by atoms with Gasteiger partial charge in [0.25, 0.3) is 5.91 Å². The average Bonchev–Trinajstić information content (AvgIpc) is 2.71. The Labute approximate surface area is 170 Å². The fraction of sp³-hybridized carbons (Fsp3) is 0.318. The first-order valence-electron chi connectivity index (χ1n) is 9.16. The van der Waals surface area contributed by atoms with E-state index in [4.69, 9.17) is 14.2 Å². The molecular weight excluding hydrogens is 374 g/mol.